The van der Waals surface area contributed by atoms with Crippen LogP contribution in [0, 0.1) is 0 Å². The smallest absolute Gasteiger partial charge is 0.193 e. The molecule has 0 unspecified atom stereocenters. The lowest BCUT2D eigenvalue weighted by Gasteiger charge is -2.32. The lowest BCUT2D eigenvalue weighted by Crippen LogP contribution is -2.39. The van der Waals surface area contributed by atoms with Crippen LogP contribution >= 0.6 is 23.4 Å². The van der Waals surface area contributed by atoms with Crippen molar-refractivity contribution in [2.24, 2.45) is 0 Å². The van der Waals surface area contributed by atoms with E-state index in [9.17, 15) is 0 Å². The van der Waals surface area contributed by atoms with Gasteiger partial charge in [-0.25, -0.2) is 0 Å². The molecule has 4 rings (SSSR count). The van der Waals surface area contributed by atoms with Gasteiger partial charge in [0.25, 0.3) is 0 Å². The minimum Gasteiger partial charge on any atom is -0.302 e. The van der Waals surface area contributed by atoms with Crippen molar-refractivity contribution in [3.05, 3.63) is 29.3 Å². The lowest BCUT2D eigenvalue weighted by molar-refractivity contribution is 0.169. The third-order valence-electron chi connectivity index (χ3n) is 4.70. The summed E-state index contributed by atoms with van der Waals surface area (Å²) in [6.45, 7) is 5.62. The van der Waals surface area contributed by atoms with Gasteiger partial charge in [0.15, 0.2) is 11.0 Å². The van der Waals surface area contributed by atoms with E-state index in [4.69, 9.17) is 11.6 Å². The lowest BCUT2D eigenvalue weighted by atomic mass is 10.1. The van der Waals surface area contributed by atoms with Crippen molar-refractivity contribution in [2.45, 2.75) is 31.1 Å². The van der Waals surface area contributed by atoms with Gasteiger partial charge >= 0.3 is 0 Å². The first-order valence-electron chi connectivity index (χ1n) is 8.56. The van der Waals surface area contributed by atoms with E-state index < -0.39 is 0 Å². The van der Waals surface area contributed by atoms with Crippen LogP contribution in [0.15, 0.2) is 29.4 Å². The maximum Gasteiger partial charge on any atom is 0.193 e. The Hall–Kier alpha value is -1.08. The summed E-state index contributed by atoms with van der Waals surface area (Å²) in [5.41, 5.74) is 1.03. The fourth-order valence-corrected chi connectivity index (χ4v) is 4.45. The number of hydrogen-bond acceptors (Lipinski definition) is 5. The Balaban J connectivity index is 1.45. The van der Waals surface area contributed by atoms with Gasteiger partial charge in [0.05, 0.1) is 12.5 Å². The van der Waals surface area contributed by atoms with Crippen LogP contribution in [0.1, 0.15) is 19.3 Å². The van der Waals surface area contributed by atoms with Crippen molar-refractivity contribution in [1.29, 1.82) is 0 Å². The van der Waals surface area contributed by atoms with Gasteiger partial charge in [-0.2, -0.15) is 0 Å². The van der Waals surface area contributed by atoms with Crippen LogP contribution in [-0.4, -0.2) is 56.6 Å². The molecule has 2 aliphatic heterocycles. The zero-order chi connectivity index (χ0) is 16.4. The highest BCUT2D eigenvalue weighted by atomic mass is 35.5. The van der Waals surface area contributed by atoms with Crippen molar-refractivity contribution >= 4 is 23.4 Å². The maximum absolute atomic E-state index is 6.13. The number of halogens is 1. The number of aromatic nitrogens is 3. The van der Waals surface area contributed by atoms with E-state index >= 15 is 0 Å². The van der Waals surface area contributed by atoms with Gasteiger partial charge in [-0.1, -0.05) is 41.9 Å². The highest BCUT2D eigenvalue weighted by Gasteiger charge is 2.23. The Bertz CT molecular complexity index is 698. The monoisotopic (exact) mass is 363 g/mol. The molecule has 0 N–H and O–H groups in total. The first-order valence-corrected chi connectivity index (χ1v) is 9.92. The number of likely N-dealkylation sites (tertiary alicyclic amines) is 1. The summed E-state index contributed by atoms with van der Waals surface area (Å²) in [6, 6.07) is 7.85. The number of nitrogens with zero attached hydrogens (tertiary/aromatic N) is 5. The Morgan fingerprint density at radius 3 is 2.71 bits per heavy atom. The molecular formula is C17H22ClN5S. The zero-order valence-corrected chi connectivity index (χ0v) is 15.3. The molecule has 1 aromatic heterocycles. The predicted molar refractivity (Wildman–Crippen MR) is 98.2 cm³/mol. The highest BCUT2D eigenvalue weighted by Crippen LogP contribution is 2.29. The van der Waals surface area contributed by atoms with E-state index in [0.29, 0.717) is 0 Å². The van der Waals surface area contributed by atoms with Gasteiger partial charge in [-0.05, 0) is 38.1 Å². The van der Waals surface area contributed by atoms with E-state index in [1.54, 1.807) is 11.8 Å². The third kappa shape index (κ3) is 3.61. The molecule has 0 aliphatic carbocycles. The van der Waals surface area contributed by atoms with Crippen LogP contribution in [-0.2, 0) is 6.67 Å². The predicted octanol–water partition coefficient (Wildman–Crippen LogP) is 3.41. The fraction of sp³-hybridized carbons (Fsp3) is 0.529. The topological polar surface area (TPSA) is 37.2 Å². The van der Waals surface area contributed by atoms with Crippen LogP contribution in [0.2, 0.25) is 5.02 Å². The second-order valence-corrected chi connectivity index (χ2v) is 7.80. The zero-order valence-electron chi connectivity index (χ0n) is 13.7. The van der Waals surface area contributed by atoms with E-state index in [1.165, 1.54) is 32.4 Å². The molecule has 3 heterocycles. The second kappa shape index (κ2) is 7.44. The molecule has 24 heavy (non-hydrogen) atoms. The Morgan fingerprint density at radius 1 is 1.04 bits per heavy atom. The first-order chi connectivity index (χ1) is 11.8. The summed E-state index contributed by atoms with van der Waals surface area (Å²) in [5.74, 6) is 1.89. The average molecular weight is 364 g/mol. The van der Waals surface area contributed by atoms with Crippen molar-refractivity contribution in [1.82, 2.24) is 24.6 Å². The summed E-state index contributed by atoms with van der Waals surface area (Å²) in [6.07, 6.45) is 4.09. The molecule has 0 atom stereocenters. The average Bonchev–Trinajstić information content (AvgIpc) is 3.04. The molecule has 1 saturated heterocycles. The Morgan fingerprint density at radius 2 is 1.88 bits per heavy atom. The van der Waals surface area contributed by atoms with Crippen LogP contribution in [0.4, 0.5) is 0 Å². The van der Waals surface area contributed by atoms with Crippen molar-refractivity contribution in [3.8, 4) is 11.4 Å². The molecule has 0 radical (unpaired) electrons. The van der Waals surface area contributed by atoms with Crippen LogP contribution in [0.3, 0.4) is 0 Å². The molecule has 128 valence electrons. The van der Waals surface area contributed by atoms with Gasteiger partial charge in [-0.3, -0.25) is 9.47 Å². The third-order valence-corrected chi connectivity index (χ3v) is 5.99. The number of thioether (sulfide) groups is 1. The standard InChI is InChI=1S/C17H22ClN5S/c18-15-6-4-5-14(11-15)16-19-20-17-23(16)12-22(13-24-17)10-9-21-7-2-1-3-8-21/h4-6,11H,1-3,7-10,12-13H2. The number of rotatable bonds is 4. The summed E-state index contributed by atoms with van der Waals surface area (Å²) >= 11 is 7.90. The number of fused-ring (bicyclic) bond motifs is 1. The molecule has 1 aromatic carbocycles. The molecule has 0 spiro atoms. The maximum atomic E-state index is 6.13. The molecule has 0 amide bonds. The van der Waals surface area contributed by atoms with Crippen molar-refractivity contribution in [3.63, 3.8) is 0 Å². The molecule has 0 saturated carbocycles. The van der Waals surface area contributed by atoms with Gasteiger partial charge in [0, 0.05) is 23.7 Å². The minimum absolute atomic E-state index is 0.732. The molecule has 5 nitrogen and oxygen atoms in total. The van der Waals surface area contributed by atoms with Crippen LogP contribution < -0.4 is 0 Å². The van der Waals surface area contributed by atoms with Crippen molar-refractivity contribution in [2.75, 3.05) is 32.1 Å². The van der Waals surface area contributed by atoms with Gasteiger partial charge in [0.2, 0.25) is 0 Å². The van der Waals surface area contributed by atoms with Crippen LogP contribution in [0.5, 0.6) is 0 Å². The molecule has 0 bridgehead atoms. The summed E-state index contributed by atoms with van der Waals surface area (Å²) in [5, 5.41) is 10.5. The molecule has 2 aliphatic rings. The molecule has 2 aromatic rings. The largest absolute Gasteiger partial charge is 0.302 e. The highest BCUT2D eigenvalue weighted by molar-refractivity contribution is 7.99. The van der Waals surface area contributed by atoms with E-state index in [2.05, 4.69) is 24.6 Å². The van der Waals surface area contributed by atoms with Gasteiger partial charge in [-0.15, -0.1) is 10.2 Å². The number of hydrogen-bond donors (Lipinski definition) is 0. The SMILES string of the molecule is Clc1cccc(-c2nnc3n2CN(CCN2CCCCC2)CS3)c1. The summed E-state index contributed by atoms with van der Waals surface area (Å²) in [4.78, 5) is 5.07. The van der Waals surface area contributed by atoms with Crippen LogP contribution in [0.25, 0.3) is 11.4 Å². The fourth-order valence-electron chi connectivity index (χ4n) is 3.36. The normalized spacial score (nSPS) is 19.4. The Labute approximate surface area is 152 Å². The summed E-state index contributed by atoms with van der Waals surface area (Å²) in [7, 11) is 0. The first kappa shape index (κ1) is 16.4. The van der Waals surface area contributed by atoms with E-state index in [0.717, 1.165) is 47.2 Å². The molecule has 1 fully saturated rings. The molecular weight excluding hydrogens is 342 g/mol. The quantitative estimate of drug-likeness (QED) is 0.832. The van der Waals surface area contributed by atoms with Gasteiger partial charge < -0.3 is 4.90 Å². The number of benzene rings is 1. The minimum atomic E-state index is 0.732. The van der Waals surface area contributed by atoms with E-state index in [1.807, 2.05) is 24.3 Å². The van der Waals surface area contributed by atoms with E-state index in [-0.39, 0.29) is 0 Å². The number of piperidine rings is 1. The van der Waals surface area contributed by atoms with Crippen molar-refractivity contribution < 1.29 is 0 Å². The second-order valence-electron chi connectivity index (χ2n) is 6.46. The summed E-state index contributed by atoms with van der Waals surface area (Å²) < 4.78 is 2.20. The molecule has 7 heteroatoms. The van der Waals surface area contributed by atoms with Gasteiger partial charge in [0.1, 0.15) is 0 Å². The Kier molecular flexibility index (Phi) is 5.08.